The largest absolute Gasteiger partial charge is 0.465 e. The first kappa shape index (κ1) is 25.3. The summed E-state index contributed by atoms with van der Waals surface area (Å²) in [6.45, 7) is 2.08. The predicted molar refractivity (Wildman–Crippen MR) is 121 cm³/mol. The summed E-state index contributed by atoms with van der Waals surface area (Å²) in [6, 6.07) is 3.63. The molecule has 3 rings (SSSR count). The lowest BCUT2D eigenvalue weighted by atomic mass is 9.63. The fourth-order valence-electron chi connectivity index (χ4n) is 5.55. The zero-order valence-electron chi connectivity index (χ0n) is 19.0. The molecule has 2 fully saturated rings. The Morgan fingerprint density at radius 3 is 2.69 bits per heavy atom. The monoisotopic (exact) mass is 472 g/mol. The zero-order valence-corrected chi connectivity index (χ0v) is 19.8. The summed E-state index contributed by atoms with van der Waals surface area (Å²) in [6.07, 6.45) is 6.44. The van der Waals surface area contributed by atoms with E-state index in [0.717, 1.165) is 49.8 Å². The van der Waals surface area contributed by atoms with Crippen LogP contribution in [0.5, 0.6) is 0 Å². The van der Waals surface area contributed by atoms with Gasteiger partial charge in [0.25, 0.3) is 0 Å². The normalized spacial score (nSPS) is 26.2. The van der Waals surface area contributed by atoms with Crippen molar-refractivity contribution in [2.24, 2.45) is 23.2 Å². The highest BCUT2D eigenvalue weighted by Gasteiger charge is 2.49. The van der Waals surface area contributed by atoms with Gasteiger partial charge in [0.1, 0.15) is 4.88 Å². The number of allylic oxidation sites excluding steroid dienone is 1. The summed E-state index contributed by atoms with van der Waals surface area (Å²) in [7, 11) is 1.35. The van der Waals surface area contributed by atoms with E-state index in [4.69, 9.17) is 4.74 Å². The number of carbonyl (C=O) groups excluding carboxylic acids is 1. The van der Waals surface area contributed by atoms with Gasteiger partial charge in [-0.05, 0) is 87.2 Å². The van der Waals surface area contributed by atoms with Crippen LogP contribution in [0.15, 0.2) is 24.3 Å². The molecule has 2 saturated carbocycles. The van der Waals surface area contributed by atoms with E-state index in [1.165, 1.54) is 18.4 Å². The predicted octanol–water partition coefficient (Wildman–Crippen LogP) is 6.95. The van der Waals surface area contributed by atoms with Gasteiger partial charge in [-0.3, -0.25) is 0 Å². The lowest BCUT2D eigenvalue weighted by Crippen LogP contribution is -2.40. The molecule has 0 radical (unpaired) electrons. The third kappa shape index (κ3) is 5.77. The Kier molecular flexibility index (Phi) is 8.48. The summed E-state index contributed by atoms with van der Waals surface area (Å²) in [5, 5.41) is 10.6. The van der Waals surface area contributed by atoms with Gasteiger partial charge >= 0.3 is 12.1 Å². The first-order valence-electron chi connectivity index (χ1n) is 11.8. The van der Waals surface area contributed by atoms with Gasteiger partial charge in [-0.15, -0.1) is 11.3 Å². The Balaban J connectivity index is 1.57. The highest BCUT2D eigenvalue weighted by molar-refractivity contribution is 7.13. The first-order valence-corrected chi connectivity index (χ1v) is 12.6. The molecular formula is C25H35F3O3S. The van der Waals surface area contributed by atoms with Crippen LogP contribution in [0.1, 0.15) is 79.3 Å². The number of halogens is 3. The van der Waals surface area contributed by atoms with E-state index in [-0.39, 0.29) is 23.7 Å². The van der Waals surface area contributed by atoms with Crippen molar-refractivity contribution in [3.05, 3.63) is 34.0 Å². The molecule has 0 spiro atoms. The minimum absolute atomic E-state index is 0.00102. The van der Waals surface area contributed by atoms with Gasteiger partial charge in [0.05, 0.1) is 19.1 Å². The number of ether oxygens (including phenoxy) is 1. The zero-order chi connectivity index (χ0) is 23.4. The molecule has 0 aromatic carbocycles. The van der Waals surface area contributed by atoms with E-state index in [1.54, 1.807) is 12.1 Å². The molecule has 0 aliphatic heterocycles. The molecule has 1 heterocycles. The average molecular weight is 473 g/mol. The molecule has 2 unspecified atom stereocenters. The van der Waals surface area contributed by atoms with Crippen LogP contribution in [0, 0.1) is 23.2 Å². The van der Waals surface area contributed by atoms with Gasteiger partial charge in [-0.2, -0.15) is 13.2 Å². The van der Waals surface area contributed by atoms with Crippen molar-refractivity contribution >= 4 is 17.3 Å². The lowest BCUT2D eigenvalue weighted by Gasteiger charge is -2.45. The lowest BCUT2D eigenvalue weighted by molar-refractivity contribution is -0.181. The maximum absolute atomic E-state index is 13.7. The van der Waals surface area contributed by atoms with Crippen LogP contribution in [0.3, 0.4) is 0 Å². The molecule has 1 aromatic rings. The number of aliphatic hydroxyl groups excluding tert-OH is 1. The summed E-state index contributed by atoms with van der Waals surface area (Å²) in [5.41, 5.74) is -0.0351. The molecule has 0 bridgehead atoms. The van der Waals surface area contributed by atoms with E-state index in [0.29, 0.717) is 17.7 Å². The summed E-state index contributed by atoms with van der Waals surface area (Å²) < 4.78 is 45.7. The van der Waals surface area contributed by atoms with Gasteiger partial charge in [-0.1, -0.05) is 25.5 Å². The Morgan fingerprint density at radius 2 is 2.09 bits per heavy atom. The van der Waals surface area contributed by atoms with E-state index in [1.807, 2.05) is 12.1 Å². The Hall–Kier alpha value is -1.34. The van der Waals surface area contributed by atoms with Crippen molar-refractivity contribution in [1.29, 1.82) is 0 Å². The molecule has 0 saturated heterocycles. The van der Waals surface area contributed by atoms with Gasteiger partial charge in [0.15, 0.2) is 0 Å². The van der Waals surface area contributed by atoms with Crippen LogP contribution < -0.4 is 0 Å². The summed E-state index contributed by atoms with van der Waals surface area (Å²) in [5.74, 6) is -2.17. The van der Waals surface area contributed by atoms with Gasteiger partial charge in [0, 0.05) is 4.88 Å². The van der Waals surface area contributed by atoms with Crippen LogP contribution in [0.25, 0.3) is 0 Å². The minimum atomic E-state index is -4.19. The van der Waals surface area contributed by atoms with Crippen LogP contribution in [-0.2, 0) is 11.2 Å². The third-order valence-corrected chi connectivity index (χ3v) is 8.93. The second-order valence-electron chi connectivity index (χ2n) is 9.46. The van der Waals surface area contributed by atoms with Crippen molar-refractivity contribution in [2.75, 3.05) is 7.11 Å². The van der Waals surface area contributed by atoms with Crippen molar-refractivity contribution < 1.29 is 27.8 Å². The number of alkyl halides is 3. The summed E-state index contributed by atoms with van der Waals surface area (Å²) in [4.78, 5) is 13.2. The summed E-state index contributed by atoms with van der Waals surface area (Å²) >= 11 is 1.39. The molecule has 180 valence electrons. The van der Waals surface area contributed by atoms with Gasteiger partial charge in [-0.25, -0.2) is 4.79 Å². The number of hydrogen-bond donors (Lipinski definition) is 1. The van der Waals surface area contributed by atoms with Crippen molar-refractivity contribution in [3.63, 3.8) is 0 Å². The number of aryl methyl sites for hydroxylation is 1. The van der Waals surface area contributed by atoms with E-state index < -0.39 is 24.1 Å². The Bertz CT molecular complexity index is 776. The molecule has 2 aliphatic carbocycles. The topological polar surface area (TPSA) is 46.5 Å². The van der Waals surface area contributed by atoms with Gasteiger partial charge < -0.3 is 9.84 Å². The quantitative estimate of drug-likeness (QED) is 0.296. The number of esters is 1. The molecule has 3 nitrogen and oxygen atoms in total. The van der Waals surface area contributed by atoms with Crippen LogP contribution in [-0.4, -0.2) is 30.5 Å². The van der Waals surface area contributed by atoms with Gasteiger partial charge in [0.2, 0.25) is 0 Å². The van der Waals surface area contributed by atoms with Crippen molar-refractivity contribution in [2.45, 2.75) is 83.4 Å². The van der Waals surface area contributed by atoms with E-state index in [9.17, 15) is 23.1 Å². The van der Waals surface area contributed by atoms with Crippen molar-refractivity contribution in [1.82, 2.24) is 0 Å². The molecule has 1 N–H and O–H groups in total. The number of aliphatic hydroxyl groups is 1. The van der Waals surface area contributed by atoms with Crippen molar-refractivity contribution in [3.8, 4) is 0 Å². The maximum atomic E-state index is 13.7. The molecule has 1 aromatic heterocycles. The van der Waals surface area contributed by atoms with E-state index in [2.05, 4.69) is 6.92 Å². The smallest absolute Gasteiger partial charge is 0.392 e. The highest BCUT2D eigenvalue weighted by Crippen LogP contribution is 2.50. The fraction of sp³-hybridized carbons (Fsp3) is 0.720. The minimum Gasteiger partial charge on any atom is -0.465 e. The standard InChI is InChI=1S/C25H35F3O3S/c1-3-24(15-6-16-24)22(29)10-5-9-19-17(11-13-20(19)25(26,27)28)7-4-8-18-12-14-21(32-18)23(30)31-2/h5,9,12,14,17,19-20,22,29H,3-4,6-8,10-11,13,15-16H2,1-2H3/t17-,19+,20?,22?/m0/s1. The highest BCUT2D eigenvalue weighted by atomic mass is 32.1. The molecule has 7 heteroatoms. The molecule has 0 amide bonds. The van der Waals surface area contributed by atoms with E-state index >= 15 is 0 Å². The molecule has 2 aliphatic rings. The molecule has 4 atom stereocenters. The van der Waals surface area contributed by atoms with Crippen LogP contribution in [0.4, 0.5) is 13.2 Å². The SMILES string of the molecule is CCC1(C(O)CC=C[C@H]2C(C(F)(F)F)CC[C@@H]2CCCc2ccc(C(=O)OC)s2)CCC1. The number of methoxy groups -OCH3 is 1. The third-order valence-electron chi connectivity index (χ3n) is 7.80. The molecule has 32 heavy (non-hydrogen) atoms. The Morgan fingerprint density at radius 1 is 1.34 bits per heavy atom. The first-order chi connectivity index (χ1) is 15.2. The number of thiophene rings is 1. The number of rotatable bonds is 10. The Labute approximate surface area is 193 Å². The second-order valence-corrected chi connectivity index (χ2v) is 10.6. The molecular weight excluding hydrogens is 437 g/mol. The maximum Gasteiger partial charge on any atom is 0.392 e. The van der Waals surface area contributed by atoms with Crippen LogP contribution in [0.2, 0.25) is 0 Å². The van der Waals surface area contributed by atoms with Crippen LogP contribution >= 0.6 is 11.3 Å². The number of carbonyl (C=O) groups is 1. The second kappa shape index (κ2) is 10.7. The average Bonchev–Trinajstić information content (AvgIpc) is 3.34. The number of hydrogen-bond acceptors (Lipinski definition) is 4. The fourth-order valence-corrected chi connectivity index (χ4v) is 6.51.